The number of ether oxygens (including phenoxy) is 4. The van der Waals surface area contributed by atoms with Gasteiger partial charge in [0.25, 0.3) is 5.91 Å². The number of nitrogen functional groups attached to an aromatic ring is 1. The van der Waals surface area contributed by atoms with Crippen LogP contribution in [0.1, 0.15) is 29.3 Å². The number of amides is 1. The zero-order chi connectivity index (χ0) is 24.1. The second-order valence-electron chi connectivity index (χ2n) is 8.60. The largest absolute Gasteiger partial charge is 0.497 e. The number of nitrogens with zero attached hydrogens (tertiary/aromatic N) is 1. The molecule has 184 valence electrons. The quantitative estimate of drug-likeness (QED) is 0.522. The number of carbonyl (C=O) groups excluding carboxylic acids is 1. The molecular formula is C25H32ClN3O5. The number of methoxy groups -OCH3 is 1. The van der Waals surface area contributed by atoms with E-state index in [2.05, 4.69) is 10.2 Å². The Morgan fingerprint density at radius 2 is 2.15 bits per heavy atom. The normalized spacial score (nSPS) is 22.3. The Balaban J connectivity index is 1.27. The lowest BCUT2D eigenvalue weighted by molar-refractivity contribution is -0.0466. The molecule has 4 rings (SSSR count). The van der Waals surface area contributed by atoms with E-state index in [4.69, 9.17) is 36.3 Å². The summed E-state index contributed by atoms with van der Waals surface area (Å²) in [6.45, 7) is 5.43. The van der Waals surface area contributed by atoms with Crippen molar-refractivity contribution in [3.8, 4) is 11.5 Å². The number of benzene rings is 2. The molecule has 0 saturated carbocycles. The number of fused-ring (bicyclic) bond motifs is 1. The number of hydrogen-bond acceptors (Lipinski definition) is 7. The molecule has 0 aliphatic carbocycles. The van der Waals surface area contributed by atoms with Gasteiger partial charge in [0.2, 0.25) is 0 Å². The number of rotatable bonds is 9. The van der Waals surface area contributed by atoms with Crippen LogP contribution in [0.25, 0.3) is 0 Å². The van der Waals surface area contributed by atoms with E-state index in [0.717, 1.165) is 30.8 Å². The van der Waals surface area contributed by atoms with Crippen LogP contribution in [-0.2, 0) is 16.1 Å². The molecule has 0 aromatic heterocycles. The summed E-state index contributed by atoms with van der Waals surface area (Å²) in [6, 6.07) is 11.4. The van der Waals surface area contributed by atoms with Gasteiger partial charge in [-0.1, -0.05) is 23.7 Å². The molecule has 9 heteroatoms. The highest BCUT2D eigenvalue weighted by atomic mass is 35.5. The predicted molar refractivity (Wildman–Crippen MR) is 131 cm³/mol. The number of anilines is 1. The summed E-state index contributed by atoms with van der Waals surface area (Å²) >= 11 is 6.12. The Morgan fingerprint density at radius 1 is 1.29 bits per heavy atom. The van der Waals surface area contributed by atoms with E-state index in [9.17, 15) is 4.79 Å². The van der Waals surface area contributed by atoms with Crippen LogP contribution in [0.3, 0.4) is 0 Å². The van der Waals surface area contributed by atoms with E-state index in [1.165, 1.54) is 0 Å². The highest BCUT2D eigenvalue weighted by molar-refractivity contribution is 6.33. The number of morpholine rings is 1. The van der Waals surface area contributed by atoms with Gasteiger partial charge in [0.15, 0.2) is 0 Å². The summed E-state index contributed by atoms with van der Waals surface area (Å²) in [4.78, 5) is 15.2. The topological polar surface area (TPSA) is 95.3 Å². The second kappa shape index (κ2) is 11.3. The van der Waals surface area contributed by atoms with Gasteiger partial charge in [-0.15, -0.1) is 0 Å². The van der Waals surface area contributed by atoms with E-state index in [-0.39, 0.29) is 18.1 Å². The van der Waals surface area contributed by atoms with E-state index >= 15 is 0 Å². The molecule has 3 atom stereocenters. The summed E-state index contributed by atoms with van der Waals surface area (Å²) in [5.74, 6) is 0.983. The number of carbonyl (C=O) groups is 1. The lowest BCUT2D eigenvalue weighted by Gasteiger charge is -2.35. The molecule has 0 unspecified atom stereocenters. The smallest absolute Gasteiger partial charge is 0.255 e. The summed E-state index contributed by atoms with van der Waals surface area (Å²) in [5, 5.41) is 3.27. The minimum absolute atomic E-state index is 0.0999. The predicted octanol–water partition coefficient (Wildman–Crippen LogP) is 3.12. The van der Waals surface area contributed by atoms with E-state index in [0.29, 0.717) is 54.4 Å². The standard InChI is InChI=1S/C25H32ClN3O5/c1-3-32-24-10-23(27)22(26)9-21(24)25(30)28-11-20-13-29-12-19(8-17(29)15-34-20)33-14-16-5-4-6-18(7-16)31-2/h4-7,9-10,17,19-20H,3,8,11-15,27H2,1-2H3,(H,28,30)/t17-,19+,20+/m0/s1. The minimum Gasteiger partial charge on any atom is -0.497 e. The fourth-order valence-corrected chi connectivity index (χ4v) is 4.60. The first-order valence-electron chi connectivity index (χ1n) is 11.6. The van der Waals surface area contributed by atoms with Crippen LogP contribution in [0.4, 0.5) is 5.69 Å². The maximum Gasteiger partial charge on any atom is 0.255 e. The third kappa shape index (κ3) is 5.93. The van der Waals surface area contributed by atoms with E-state index < -0.39 is 0 Å². The van der Waals surface area contributed by atoms with Crippen LogP contribution in [0.15, 0.2) is 36.4 Å². The number of nitrogens with two attached hydrogens (primary N) is 1. The van der Waals surface area contributed by atoms with Crippen LogP contribution < -0.4 is 20.5 Å². The molecule has 8 nitrogen and oxygen atoms in total. The zero-order valence-corrected chi connectivity index (χ0v) is 20.3. The van der Waals surface area contributed by atoms with Gasteiger partial charge in [-0.3, -0.25) is 9.69 Å². The zero-order valence-electron chi connectivity index (χ0n) is 19.6. The molecule has 2 aromatic carbocycles. The molecule has 2 heterocycles. The lowest BCUT2D eigenvalue weighted by atomic mass is 10.1. The third-order valence-corrected chi connectivity index (χ3v) is 6.53. The number of halogens is 1. The maximum absolute atomic E-state index is 12.8. The van der Waals surface area contributed by atoms with Crippen LogP contribution in [-0.4, -0.2) is 69.0 Å². The molecule has 2 aliphatic heterocycles. The van der Waals surface area contributed by atoms with Crippen molar-refractivity contribution < 1.29 is 23.7 Å². The van der Waals surface area contributed by atoms with Gasteiger partial charge in [-0.2, -0.15) is 0 Å². The summed E-state index contributed by atoms with van der Waals surface area (Å²) in [6.07, 6.45) is 0.987. The SMILES string of the molecule is CCOc1cc(N)c(Cl)cc1C(=O)NC[C@@H]1CN2C[C@H](OCc3cccc(OC)c3)C[C@H]2CO1. The first kappa shape index (κ1) is 24.6. The van der Waals surface area contributed by atoms with Gasteiger partial charge in [-0.25, -0.2) is 0 Å². The molecule has 0 bridgehead atoms. The Hall–Kier alpha value is -2.52. The Bertz CT molecular complexity index is 1000. The third-order valence-electron chi connectivity index (χ3n) is 6.21. The van der Waals surface area contributed by atoms with Crippen molar-refractivity contribution in [1.82, 2.24) is 10.2 Å². The Morgan fingerprint density at radius 3 is 2.94 bits per heavy atom. The van der Waals surface area contributed by atoms with Crippen LogP contribution >= 0.6 is 11.6 Å². The van der Waals surface area contributed by atoms with E-state index in [1.807, 2.05) is 31.2 Å². The lowest BCUT2D eigenvalue weighted by Crippen LogP contribution is -2.50. The highest BCUT2D eigenvalue weighted by Crippen LogP contribution is 2.29. The number of hydrogen-bond donors (Lipinski definition) is 2. The van der Waals surface area contributed by atoms with Crippen LogP contribution in [0, 0.1) is 0 Å². The first-order chi connectivity index (χ1) is 16.5. The van der Waals surface area contributed by atoms with Crippen LogP contribution in [0.5, 0.6) is 11.5 Å². The van der Waals surface area contributed by atoms with E-state index in [1.54, 1.807) is 19.2 Å². The first-order valence-corrected chi connectivity index (χ1v) is 11.9. The summed E-state index contributed by atoms with van der Waals surface area (Å²) in [5.41, 5.74) is 7.69. The minimum atomic E-state index is -0.267. The monoisotopic (exact) mass is 489 g/mol. The Kier molecular flexibility index (Phi) is 8.15. The molecule has 1 amide bonds. The van der Waals surface area contributed by atoms with Gasteiger partial charge in [0.05, 0.1) is 55.4 Å². The fraction of sp³-hybridized carbons (Fsp3) is 0.480. The summed E-state index contributed by atoms with van der Waals surface area (Å²) < 4.78 is 23.1. The molecule has 34 heavy (non-hydrogen) atoms. The Labute approximate surface area is 205 Å². The van der Waals surface area contributed by atoms with Gasteiger partial charge >= 0.3 is 0 Å². The fourth-order valence-electron chi connectivity index (χ4n) is 4.44. The molecule has 2 fully saturated rings. The highest BCUT2D eigenvalue weighted by Gasteiger charge is 2.38. The molecule has 0 spiro atoms. The van der Waals surface area contributed by atoms with Crippen molar-refractivity contribution >= 4 is 23.2 Å². The van der Waals surface area contributed by atoms with Crippen molar-refractivity contribution in [1.29, 1.82) is 0 Å². The molecule has 0 radical (unpaired) electrons. The second-order valence-corrected chi connectivity index (χ2v) is 9.00. The number of nitrogens with one attached hydrogen (secondary N) is 1. The van der Waals surface area contributed by atoms with Crippen molar-refractivity contribution in [3.05, 3.63) is 52.5 Å². The van der Waals surface area contributed by atoms with Crippen molar-refractivity contribution in [3.63, 3.8) is 0 Å². The van der Waals surface area contributed by atoms with Gasteiger partial charge in [0.1, 0.15) is 11.5 Å². The van der Waals surface area contributed by atoms with Gasteiger partial charge in [0, 0.05) is 31.7 Å². The van der Waals surface area contributed by atoms with Crippen molar-refractivity contribution in [2.75, 3.05) is 45.7 Å². The van der Waals surface area contributed by atoms with Gasteiger partial charge in [-0.05, 0) is 37.1 Å². The van der Waals surface area contributed by atoms with Crippen molar-refractivity contribution in [2.45, 2.75) is 38.2 Å². The van der Waals surface area contributed by atoms with Crippen LogP contribution in [0.2, 0.25) is 5.02 Å². The molecular weight excluding hydrogens is 458 g/mol. The average Bonchev–Trinajstić information content (AvgIpc) is 3.26. The molecule has 2 aliphatic rings. The average molecular weight is 490 g/mol. The van der Waals surface area contributed by atoms with Gasteiger partial charge < -0.3 is 30.0 Å². The van der Waals surface area contributed by atoms with Crippen molar-refractivity contribution in [2.24, 2.45) is 0 Å². The summed E-state index contributed by atoms with van der Waals surface area (Å²) in [7, 11) is 1.66. The molecule has 3 N–H and O–H groups in total. The molecule has 2 saturated heterocycles. The molecule has 2 aromatic rings. The maximum atomic E-state index is 12.8.